The Hall–Kier alpha value is -0.0800. The smallest absolute Gasteiger partial charge is 0.0247 e. The van der Waals surface area contributed by atoms with Gasteiger partial charge in [-0.2, -0.15) is 0 Å². The molecule has 0 spiro atoms. The zero-order valence-electron chi connectivity index (χ0n) is 11.6. The minimum atomic E-state index is 0.321. The van der Waals surface area contributed by atoms with Crippen molar-refractivity contribution < 1.29 is 0 Å². The van der Waals surface area contributed by atoms with E-state index in [0.717, 1.165) is 5.92 Å². The predicted molar refractivity (Wildman–Crippen MR) is 71.5 cm³/mol. The van der Waals surface area contributed by atoms with E-state index in [2.05, 4.69) is 32.6 Å². The lowest BCUT2D eigenvalue weighted by atomic mass is 9.93. The summed E-state index contributed by atoms with van der Waals surface area (Å²) in [5, 5.41) is 0. The van der Waals surface area contributed by atoms with Crippen LogP contribution < -0.4 is 5.73 Å². The second kappa shape index (κ2) is 6.61. The first-order valence-electron chi connectivity index (χ1n) is 7.03. The highest BCUT2D eigenvalue weighted by Crippen LogP contribution is 2.24. The number of nitrogens with zero attached hydrogens (tertiary/aromatic N) is 1. The molecule has 16 heavy (non-hydrogen) atoms. The molecule has 3 unspecified atom stereocenters. The van der Waals surface area contributed by atoms with E-state index in [-0.39, 0.29) is 0 Å². The standard InChI is InChI=1S/C14H30N2/c1-11(2)8-9-12(3)16-10-6-5-7-14(16)13(4)15/h11-14H,5-10,15H2,1-4H3. The van der Waals surface area contributed by atoms with Crippen LogP contribution in [0, 0.1) is 5.92 Å². The fraction of sp³-hybridized carbons (Fsp3) is 1.00. The van der Waals surface area contributed by atoms with Crippen LogP contribution >= 0.6 is 0 Å². The second-order valence-corrected chi connectivity index (χ2v) is 5.98. The molecule has 0 aromatic heterocycles. The fourth-order valence-corrected chi connectivity index (χ4v) is 2.83. The lowest BCUT2D eigenvalue weighted by molar-refractivity contribution is 0.0821. The molecule has 0 amide bonds. The maximum Gasteiger partial charge on any atom is 0.0247 e. The molecule has 1 saturated heterocycles. The Bertz CT molecular complexity index is 189. The monoisotopic (exact) mass is 226 g/mol. The predicted octanol–water partition coefficient (Wildman–Crippen LogP) is 3.01. The third kappa shape index (κ3) is 4.06. The Morgan fingerprint density at radius 1 is 1.12 bits per heavy atom. The van der Waals surface area contributed by atoms with Crippen molar-refractivity contribution in [3.05, 3.63) is 0 Å². The average molecular weight is 226 g/mol. The minimum absolute atomic E-state index is 0.321. The van der Waals surface area contributed by atoms with E-state index in [1.807, 2.05) is 0 Å². The van der Waals surface area contributed by atoms with Gasteiger partial charge in [0.15, 0.2) is 0 Å². The fourth-order valence-electron chi connectivity index (χ4n) is 2.83. The molecule has 96 valence electrons. The topological polar surface area (TPSA) is 29.3 Å². The van der Waals surface area contributed by atoms with Gasteiger partial charge in [-0.1, -0.05) is 20.3 Å². The lowest BCUT2D eigenvalue weighted by Gasteiger charge is -2.42. The Labute approximate surface area is 102 Å². The molecule has 2 nitrogen and oxygen atoms in total. The van der Waals surface area contributed by atoms with E-state index in [4.69, 9.17) is 5.73 Å². The van der Waals surface area contributed by atoms with Gasteiger partial charge >= 0.3 is 0 Å². The maximum absolute atomic E-state index is 6.11. The van der Waals surface area contributed by atoms with Crippen LogP contribution in [0.25, 0.3) is 0 Å². The summed E-state index contributed by atoms with van der Waals surface area (Å²) in [7, 11) is 0. The molecular formula is C14H30N2. The van der Waals surface area contributed by atoms with Crippen LogP contribution in [-0.2, 0) is 0 Å². The van der Waals surface area contributed by atoms with E-state index in [1.165, 1.54) is 38.6 Å². The zero-order chi connectivity index (χ0) is 12.1. The Kier molecular flexibility index (Phi) is 5.77. The number of hydrogen-bond donors (Lipinski definition) is 1. The van der Waals surface area contributed by atoms with Crippen molar-refractivity contribution in [2.45, 2.75) is 77.9 Å². The molecule has 0 aromatic carbocycles. The van der Waals surface area contributed by atoms with Crippen molar-refractivity contribution in [2.24, 2.45) is 11.7 Å². The quantitative estimate of drug-likeness (QED) is 0.781. The summed E-state index contributed by atoms with van der Waals surface area (Å²) in [5.41, 5.74) is 6.11. The van der Waals surface area contributed by atoms with Gasteiger partial charge in [-0.15, -0.1) is 0 Å². The van der Waals surface area contributed by atoms with Crippen molar-refractivity contribution in [1.82, 2.24) is 4.90 Å². The van der Waals surface area contributed by atoms with E-state index in [1.54, 1.807) is 0 Å². The Morgan fingerprint density at radius 2 is 1.81 bits per heavy atom. The van der Waals surface area contributed by atoms with Gasteiger partial charge in [-0.05, 0) is 52.0 Å². The molecule has 1 rings (SSSR count). The van der Waals surface area contributed by atoms with Gasteiger partial charge in [0, 0.05) is 18.1 Å². The van der Waals surface area contributed by atoms with Gasteiger partial charge in [0.05, 0.1) is 0 Å². The van der Waals surface area contributed by atoms with E-state index >= 15 is 0 Å². The average Bonchev–Trinajstić information content (AvgIpc) is 2.25. The van der Waals surface area contributed by atoms with Crippen LogP contribution in [0.3, 0.4) is 0 Å². The van der Waals surface area contributed by atoms with Gasteiger partial charge < -0.3 is 5.73 Å². The largest absolute Gasteiger partial charge is 0.327 e. The van der Waals surface area contributed by atoms with Crippen LogP contribution in [0.15, 0.2) is 0 Å². The minimum Gasteiger partial charge on any atom is -0.327 e. The highest BCUT2D eigenvalue weighted by Gasteiger charge is 2.28. The molecule has 2 N–H and O–H groups in total. The number of piperidine rings is 1. The summed E-state index contributed by atoms with van der Waals surface area (Å²) >= 11 is 0. The van der Waals surface area contributed by atoms with Crippen LogP contribution in [0.4, 0.5) is 0 Å². The van der Waals surface area contributed by atoms with Crippen molar-refractivity contribution in [3.8, 4) is 0 Å². The second-order valence-electron chi connectivity index (χ2n) is 5.98. The highest BCUT2D eigenvalue weighted by molar-refractivity contribution is 4.86. The van der Waals surface area contributed by atoms with Crippen LogP contribution in [-0.4, -0.2) is 29.6 Å². The molecule has 0 bridgehead atoms. The molecule has 0 aliphatic carbocycles. The highest BCUT2D eigenvalue weighted by atomic mass is 15.2. The van der Waals surface area contributed by atoms with Crippen LogP contribution in [0.2, 0.25) is 0 Å². The van der Waals surface area contributed by atoms with Gasteiger partial charge in [0.1, 0.15) is 0 Å². The molecule has 1 aliphatic heterocycles. The molecule has 0 radical (unpaired) electrons. The normalized spacial score (nSPS) is 27.0. The molecule has 3 atom stereocenters. The Morgan fingerprint density at radius 3 is 2.38 bits per heavy atom. The van der Waals surface area contributed by atoms with Gasteiger partial charge in [-0.25, -0.2) is 0 Å². The van der Waals surface area contributed by atoms with E-state index < -0.39 is 0 Å². The van der Waals surface area contributed by atoms with E-state index in [0.29, 0.717) is 18.1 Å². The van der Waals surface area contributed by atoms with Crippen LogP contribution in [0.1, 0.15) is 59.8 Å². The van der Waals surface area contributed by atoms with Crippen LogP contribution in [0.5, 0.6) is 0 Å². The molecule has 2 heteroatoms. The van der Waals surface area contributed by atoms with Crippen molar-refractivity contribution >= 4 is 0 Å². The first-order valence-corrected chi connectivity index (χ1v) is 7.03. The molecule has 0 aromatic rings. The van der Waals surface area contributed by atoms with Gasteiger partial charge in [-0.3, -0.25) is 4.90 Å². The third-order valence-electron chi connectivity index (χ3n) is 3.93. The van der Waals surface area contributed by atoms with Crippen molar-refractivity contribution in [3.63, 3.8) is 0 Å². The van der Waals surface area contributed by atoms with Gasteiger partial charge in [0.2, 0.25) is 0 Å². The molecular weight excluding hydrogens is 196 g/mol. The van der Waals surface area contributed by atoms with Crippen molar-refractivity contribution in [2.75, 3.05) is 6.54 Å². The summed E-state index contributed by atoms with van der Waals surface area (Å²) in [6, 6.07) is 1.65. The van der Waals surface area contributed by atoms with Crippen molar-refractivity contribution in [1.29, 1.82) is 0 Å². The molecule has 1 fully saturated rings. The van der Waals surface area contributed by atoms with Gasteiger partial charge in [0.25, 0.3) is 0 Å². The maximum atomic E-state index is 6.11. The summed E-state index contributed by atoms with van der Waals surface area (Å²) in [6.07, 6.45) is 6.67. The molecule has 1 heterocycles. The Balaban J connectivity index is 2.47. The summed E-state index contributed by atoms with van der Waals surface area (Å²) in [5.74, 6) is 0.820. The number of nitrogens with two attached hydrogens (primary N) is 1. The summed E-state index contributed by atoms with van der Waals surface area (Å²) in [6.45, 7) is 10.4. The SMILES string of the molecule is CC(C)CCC(C)N1CCCCC1C(C)N. The zero-order valence-corrected chi connectivity index (χ0v) is 11.6. The number of rotatable bonds is 5. The summed E-state index contributed by atoms with van der Waals surface area (Å²) in [4.78, 5) is 2.66. The molecule has 1 aliphatic rings. The first-order chi connectivity index (χ1) is 7.52. The summed E-state index contributed by atoms with van der Waals surface area (Å²) < 4.78 is 0. The van der Waals surface area contributed by atoms with E-state index in [9.17, 15) is 0 Å². The number of hydrogen-bond acceptors (Lipinski definition) is 2. The first kappa shape index (κ1) is 14.0. The number of likely N-dealkylation sites (tertiary alicyclic amines) is 1. The lowest BCUT2D eigenvalue weighted by Crippen LogP contribution is -2.52. The third-order valence-corrected chi connectivity index (χ3v) is 3.93. The molecule has 0 saturated carbocycles.